The van der Waals surface area contributed by atoms with E-state index < -0.39 is 5.60 Å². The third-order valence-electron chi connectivity index (χ3n) is 3.02. The minimum Gasteiger partial charge on any atom is -0.388 e. The van der Waals surface area contributed by atoms with E-state index in [9.17, 15) is 9.90 Å². The van der Waals surface area contributed by atoms with Gasteiger partial charge in [0.15, 0.2) is 0 Å². The molecule has 1 saturated carbocycles. The summed E-state index contributed by atoms with van der Waals surface area (Å²) < 4.78 is 0. The van der Waals surface area contributed by atoms with E-state index >= 15 is 0 Å². The Balaban J connectivity index is 2.20. The van der Waals surface area contributed by atoms with Crippen molar-refractivity contribution in [2.24, 2.45) is 5.92 Å². The fourth-order valence-electron chi connectivity index (χ4n) is 2.01. The molecule has 100 valence electrons. The number of hydrogen-bond donors (Lipinski definition) is 3. The first-order valence-electron chi connectivity index (χ1n) is 6.29. The Labute approximate surface area is 103 Å². The predicted octanol–water partition coefficient (Wildman–Crippen LogP) is 1.57. The molecule has 1 aliphatic rings. The van der Waals surface area contributed by atoms with Gasteiger partial charge in [0, 0.05) is 6.04 Å². The van der Waals surface area contributed by atoms with Crippen molar-refractivity contribution >= 4 is 6.03 Å². The van der Waals surface area contributed by atoms with Crippen LogP contribution in [-0.4, -0.2) is 29.4 Å². The fourth-order valence-corrected chi connectivity index (χ4v) is 2.01. The van der Waals surface area contributed by atoms with E-state index in [0.29, 0.717) is 5.92 Å². The molecule has 17 heavy (non-hydrogen) atoms. The van der Waals surface area contributed by atoms with Gasteiger partial charge >= 0.3 is 6.03 Å². The quantitative estimate of drug-likeness (QED) is 0.657. The molecular weight excluding hydrogens is 220 g/mol. The number of aliphatic hydroxyl groups is 1. The second-order valence-electron chi connectivity index (χ2n) is 5.54. The van der Waals surface area contributed by atoms with Gasteiger partial charge in [-0.2, -0.15) is 0 Å². The number of hydroxylamine groups is 1. The number of hydrogen-bond acceptors (Lipinski definition) is 3. The Bertz CT molecular complexity index is 251. The second kappa shape index (κ2) is 6.21. The van der Waals surface area contributed by atoms with Crippen LogP contribution in [0.4, 0.5) is 4.79 Å². The van der Waals surface area contributed by atoms with Crippen molar-refractivity contribution in [1.82, 2.24) is 10.8 Å². The van der Waals surface area contributed by atoms with E-state index in [4.69, 9.17) is 4.84 Å². The third kappa shape index (κ3) is 5.89. The predicted molar refractivity (Wildman–Crippen MR) is 65.3 cm³/mol. The molecule has 5 nitrogen and oxygen atoms in total. The summed E-state index contributed by atoms with van der Waals surface area (Å²) in [6, 6.07) is -0.0949. The number of nitrogens with one attached hydrogen (secondary N) is 2. The van der Waals surface area contributed by atoms with E-state index in [1.54, 1.807) is 13.8 Å². The van der Waals surface area contributed by atoms with E-state index in [2.05, 4.69) is 17.7 Å². The molecule has 1 rings (SSSR count). The molecule has 1 aliphatic carbocycles. The molecule has 0 heterocycles. The monoisotopic (exact) mass is 244 g/mol. The van der Waals surface area contributed by atoms with Crippen LogP contribution in [0.15, 0.2) is 0 Å². The minimum atomic E-state index is -0.939. The third-order valence-corrected chi connectivity index (χ3v) is 3.02. The lowest BCUT2D eigenvalue weighted by Gasteiger charge is -2.29. The summed E-state index contributed by atoms with van der Waals surface area (Å²) in [5.74, 6) is 0.517. The molecular formula is C12H24N2O3. The van der Waals surface area contributed by atoms with E-state index in [-0.39, 0.29) is 18.7 Å². The maximum Gasteiger partial charge on any atom is 0.338 e. The van der Waals surface area contributed by atoms with Gasteiger partial charge < -0.3 is 10.4 Å². The van der Waals surface area contributed by atoms with Crippen molar-refractivity contribution in [2.45, 2.75) is 58.1 Å². The summed E-state index contributed by atoms with van der Waals surface area (Å²) in [5.41, 5.74) is 1.36. The number of urea groups is 1. The molecule has 0 radical (unpaired) electrons. The number of carbonyl (C=O) groups excluding carboxylic acids is 1. The highest BCUT2D eigenvalue weighted by molar-refractivity contribution is 5.73. The van der Waals surface area contributed by atoms with Crippen molar-refractivity contribution in [2.75, 3.05) is 6.61 Å². The van der Waals surface area contributed by atoms with Crippen LogP contribution in [-0.2, 0) is 4.84 Å². The van der Waals surface area contributed by atoms with Gasteiger partial charge in [-0.15, -0.1) is 0 Å². The average Bonchev–Trinajstić information content (AvgIpc) is 2.19. The first kappa shape index (κ1) is 14.3. The van der Waals surface area contributed by atoms with Gasteiger partial charge in [0.1, 0.15) is 6.61 Å². The highest BCUT2D eigenvalue weighted by atomic mass is 16.7. The SMILES string of the molecule is CC1CCCCC1NC(=O)NOCC(C)(C)O. The number of rotatable bonds is 4. The van der Waals surface area contributed by atoms with Crippen molar-refractivity contribution in [3.63, 3.8) is 0 Å². The standard InChI is InChI=1S/C12H24N2O3/c1-9-6-4-5-7-10(9)13-11(15)14-17-8-12(2,3)16/h9-10,16H,4-8H2,1-3H3,(H2,13,14,15). The van der Waals surface area contributed by atoms with Crippen molar-refractivity contribution in [3.8, 4) is 0 Å². The van der Waals surface area contributed by atoms with Crippen LogP contribution in [0.25, 0.3) is 0 Å². The second-order valence-corrected chi connectivity index (χ2v) is 5.54. The Hall–Kier alpha value is -0.810. The van der Waals surface area contributed by atoms with Crippen molar-refractivity contribution in [1.29, 1.82) is 0 Å². The molecule has 0 aromatic rings. The van der Waals surface area contributed by atoms with Gasteiger partial charge in [-0.1, -0.05) is 19.8 Å². The van der Waals surface area contributed by atoms with Gasteiger partial charge in [0.2, 0.25) is 0 Å². The van der Waals surface area contributed by atoms with Crippen LogP contribution >= 0.6 is 0 Å². The molecule has 0 bridgehead atoms. The Morgan fingerprint density at radius 1 is 1.41 bits per heavy atom. The van der Waals surface area contributed by atoms with E-state index in [1.807, 2.05) is 0 Å². The number of amides is 2. The smallest absolute Gasteiger partial charge is 0.338 e. The van der Waals surface area contributed by atoms with Crippen LogP contribution < -0.4 is 10.8 Å². The average molecular weight is 244 g/mol. The first-order valence-corrected chi connectivity index (χ1v) is 6.29. The van der Waals surface area contributed by atoms with Gasteiger partial charge in [0.25, 0.3) is 0 Å². The van der Waals surface area contributed by atoms with Gasteiger partial charge in [-0.25, -0.2) is 10.3 Å². The Morgan fingerprint density at radius 3 is 2.65 bits per heavy atom. The molecule has 0 spiro atoms. The maximum absolute atomic E-state index is 11.5. The summed E-state index contributed by atoms with van der Waals surface area (Å²) in [6.45, 7) is 5.47. The lowest BCUT2D eigenvalue weighted by Crippen LogP contribution is -2.47. The largest absolute Gasteiger partial charge is 0.388 e. The van der Waals surface area contributed by atoms with E-state index in [0.717, 1.165) is 12.8 Å². The zero-order valence-corrected chi connectivity index (χ0v) is 11.0. The highest BCUT2D eigenvalue weighted by Crippen LogP contribution is 2.23. The lowest BCUT2D eigenvalue weighted by atomic mass is 9.86. The topological polar surface area (TPSA) is 70.6 Å². The number of carbonyl (C=O) groups is 1. The highest BCUT2D eigenvalue weighted by Gasteiger charge is 2.23. The minimum absolute atomic E-state index is 0.0701. The molecule has 2 atom stereocenters. The van der Waals surface area contributed by atoms with Crippen LogP contribution in [0.2, 0.25) is 0 Å². The summed E-state index contributed by atoms with van der Waals surface area (Å²) >= 11 is 0. The van der Waals surface area contributed by atoms with Crippen LogP contribution in [0.5, 0.6) is 0 Å². The maximum atomic E-state index is 11.5. The molecule has 5 heteroatoms. The molecule has 0 aromatic heterocycles. The molecule has 2 unspecified atom stereocenters. The molecule has 2 amide bonds. The zero-order valence-electron chi connectivity index (χ0n) is 11.0. The molecule has 1 fully saturated rings. The zero-order chi connectivity index (χ0) is 12.9. The summed E-state index contributed by atoms with van der Waals surface area (Å²) in [6.07, 6.45) is 4.60. The summed E-state index contributed by atoms with van der Waals surface area (Å²) in [4.78, 5) is 16.4. The lowest BCUT2D eigenvalue weighted by molar-refractivity contribution is -0.0487. The van der Waals surface area contributed by atoms with Crippen LogP contribution in [0.1, 0.15) is 46.5 Å². The Morgan fingerprint density at radius 2 is 2.06 bits per heavy atom. The van der Waals surface area contributed by atoms with Crippen LogP contribution in [0.3, 0.4) is 0 Å². The van der Waals surface area contributed by atoms with Gasteiger partial charge in [-0.05, 0) is 32.6 Å². The molecule has 3 N–H and O–H groups in total. The molecule has 0 aromatic carbocycles. The fraction of sp³-hybridized carbons (Fsp3) is 0.917. The molecule has 0 saturated heterocycles. The van der Waals surface area contributed by atoms with Crippen molar-refractivity contribution < 1.29 is 14.7 Å². The molecule has 0 aliphatic heterocycles. The van der Waals surface area contributed by atoms with Crippen LogP contribution in [0, 0.1) is 5.92 Å². The first-order chi connectivity index (χ1) is 7.88. The van der Waals surface area contributed by atoms with Gasteiger partial charge in [-0.3, -0.25) is 4.84 Å². The van der Waals surface area contributed by atoms with Crippen molar-refractivity contribution in [3.05, 3.63) is 0 Å². The summed E-state index contributed by atoms with van der Waals surface area (Å²) in [5, 5.41) is 12.3. The normalized spacial score (nSPS) is 25.4. The Kier molecular flexibility index (Phi) is 5.21. The summed E-state index contributed by atoms with van der Waals surface area (Å²) in [7, 11) is 0. The van der Waals surface area contributed by atoms with Gasteiger partial charge in [0.05, 0.1) is 5.60 Å². The van der Waals surface area contributed by atoms with E-state index in [1.165, 1.54) is 12.8 Å².